The first kappa shape index (κ1) is 19.5. The summed E-state index contributed by atoms with van der Waals surface area (Å²) in [5.74, 6) is -2.76. The number of methoxy groups -OCH3 is 2. The van der Waals surface area contributed by atoms with Crippen molar-refractivity contribution in [2.75, 3.05) is 20.0 Å². The zero-order chi connectivity index (χ0) is 19.4. The fraction of sp³-hybridized carbons (Fsp3) is 0.188. The molecule has 0 spiro atoms. The highest BCUT2D eigenvalue weighted by Crippen LogP contribution is 2.33. The molecule has 0 bridgehead atoms. The highest BCUT2D eigenvalue weighted by molar-refractivity contribution is 7.18. The predicted molar refractivity (Wildman–Crippen MR) is 93.6 cm³/mol. The molecule has 0 unspecified atom stereocenters. The Morgan fingerprint density at radius 2 is 1.81 bits per heavy atom. The number of thiophene rings is 1. The molecule has 0 atom stereocenters. The summed E-state index contributed by atoms with van der Waals surface area (Å²) in [5, 5.41) is 9.99. The number of nitrogens with two attached hydrogens (primary N) is 1. The second-order valence-electron chi connectivity index (χ2n) is 4.87. The van der Waals surface area contributed by atoms with Crippen LogP contribution in [0.5, 0.6) is 5.75 Å². The number of hydrogen-bond acceptors (Lipinski definition) is 9. The minimum absolute atomic E-state index is 0.00789. The van der Waals surface area contributed by atoms with E-state index in [0.717, 1.165) is 25.6 Å². The molecule has 0 saturated heterocycles. The van der Waals surface area contributed by atoms with Crippen molar-refractivity contribution in [2.24, 2.45) is 0 Å². The Kier molecular flexibility index (Phi) is 6.06. The SMILES string of the molecule is COC(=O)c1sc(N)c(C(=O)OC)c1COC(=O)c1cc(Cl)ccc1O. The van der Waals surface area contributed by atoms with Crippen LogP contribution in [-0.4, -0.2) is 37.2 Å². The highest BCUT2D eigenvalue weighted by Gasteiger charge is 2.28. The van der Waals surface area contributed by atoms with E-state index >= 15 is 0 Å². The number of aromatic hydroxyl groups is 1. The first-order valence-corrected chi connectivity index (χ1v) is 8.23. The maximum Gasteiger partial charge on any atom is 0.348 e. The molecule has 2 rings (SSSR count). The second kappa shape index (κ2) is 8.07. The lowest BCUT2D eigenvalue weighted by atomic mass is 10.1. The van der Waals surface area contributed by atoms with Gasteiger partial charge in [0.1, 0.15) is 33.4 Å². The number of carbonyl (C=O) groups is 3. The van der Waals surface area contributed by atoms with Gasteiger partial charge in [-0.3, -0.25) is 0 Å². The van der Waals surface area contributed by atoms with Crippen LogP contribution in [0, 0.1) is 0 Å². The fourth-order valence-electron chi connectivity index (χ4n) is 2.09. The van der Waals surface area contributed by atoms with Gasteiger partial charge in [0.2, 0.25) is 0 Å². The summed E-state index contributed by atoms with van der Waals surface area (Å²) in [7, 11) is 2.31. The topological polar surface area (TPSA) is 125 Å². The minimum Gasteiger partial charge on any atom is -0.507 e. The number of anilines is 1. The van der Waals surface area contributed by atoms with Gasteiger partial charge in [-0.1, -0.05) is 11.6 Å². The van der Waals surface area contributed by atoms with Crippen molar-refractivity contribution >= 4 is 45.8 Å². The van der Waals surface area contributed by atoms with Gasteiger partial charge in [-0.05, 0) is 18.2 Å². The van der Waals surface area contributed by atoms with E-state index in [-0.39, 0.29) is 37.3 Å². The molecule has 0 aliphatic carbocycles. The van der Waals surface area contributed by atoms with Gasteiger partial charge in [-0.15, -0.1) is 11.3 Å². The van der Waals surface area contributed by atoms with E-state index < -0.39 is 24.5 Å². The number of halogens is 1. The second-order valence-corrected chi connectivity index (χ2v) is 6.36. The summed E-state index contributed by atoms with van der Waals surface area (Å²) in [6.45, 7) is -0.465. The van der Waals surface area contributed by atoms with Crippen LogP contribution in [0.4, 0.5) is 5.00 Å². The molecule has 26 heavy (non-hydrogen) atoms. The van der Waals surface area contributed by atoms with E-state index in [1.807, 2.05) is 0 Å². The Hall–Kier alpha value is -2.78. The molecule has 0 saturated carbocycles. The summed E-state index contributed by atoms with van der Waals surface area (Å²) in [5.41, 5.74) is 5.59. The Labute approximate surface area is 157 Å². The number of phenolic OH excluding ortho intramolecular Hbond substituents is 1. The number of benzene rings is 1. The predicted octanol–water partition coefficient (Wildman–Crippen LogP) is 2.62. The largest absolute Gasteiger partial charge is 0.507 e. The summed E-state index contributed by atoms with van der Waals surface area (Å²) < 4.78 is 14.4. The number of carbonyl (C=O) groups excluding carboxylic acids is 3. The molecule has 1 aromatic heterocycles. The molecule has 2 aromatic rings. The zero-order valence-corrected chi connectivity index (χ0v) is 15.3. The van der Waals surface area contributed by atoms with Gasteiger partial charge in [-0.25, -0.2) is 14.4 Å². The molecular weight excluding hydrogens is 386 g/mol. The lowest BCUT2D eigenvalue weighted by Gasteiger charge is -2.09. The Bertz CT molecular complexity index is 878. The number of rotatable bonds is 5. The lowest BCUT2D eigenvalue weighted by molar-refractivity contribution is 0.0449. The van der Waals surface area contributed by atoms with Gasteiger partial charge >= 0.3 is 17.9 Å². The molecule has 1 aromatic carbocycles. The van der Waals surface area contributed by atoms with Crippen molar-refractivity contribution in [3.05, 3.63) is 44.8 Å². The van der Waals surface area contributed by atoms with Crippen molar-refractivity contribution in [3.8, 4) is 5.75 Å². The van der Waals surface area contributed by atoms with Crippen molar-refractivity contribution in [1.82, 2.24) is 0 Å². The smallest absolute Gasteiger partial charge is 0.348 e. The lowest BCUT2D eigenvalue weighted by Crippen LogP contribution is -2.13. The van der Waals surface area contributed by atoms with Crippen LogP contribution >= 0.6 is 22.9 Å². The third kappa shape index (κ3) is 3.89. The Balaban J connectivity index is 2.35. The quantitative estimate of drug-likeness (QED) is 0.580. The third-order valence-electron chi connectivity index (χ3n) is 3.32. The van der Waals surface area contributed by atoms with E-state index in [1.165, 1.54) is 18.2 Å². The molecule has 1 heterocycles. The molecule has 8 nitrogen and oxygen atoms in total. The van der Waals surface area contributed by atoms with E-state index in [9.17, 15) is 19.5 Å². The van der Waals surface area contributed by atoms with E-state index in [2.05, 4.69) is 9.47 Å². The minimum atomic E-state index is -0.901. The summed E-state index contributed by atoms with van der Waals surface area (Å²) in [6, 6.07) is 3.86. The summed E-state index contributed by atoms with van der Waals surface area (Å²) >= 11 is 6.61. The van der Waals surface area contributed by atoms with Gasteiger partial charge in [0.25, 0.3) is 0 Å². The molecule has 0 fully saturated rings. The van der Waals surface area contributed by atoms with Crippen molar-refractivity contribution in [1.29, 1.82) is 0 Å². The van der Waals surface area contributed by atoms with Gasteiger partial charge in [0, 0.05) is 10.6 Å². The van der Waals surface area contributed by atoms with Crippen LogP contribution in [-0.2, 0) is 20.8 Å². The maximum atomic E-state index is 12.2. The van der Waals surface area contributed by atoms with Crippen LogP contribution in [0.3, 0.4) is 0 Å². The molecule has 0 amide bonds. The van der Waals surface area contributed by atoms with Crippen LogP contribution in [0.15, 0.2) is 18.2 Å². The number of esters is 3. The zero-order valence-electron chi connectivity index (χ0n) is 13.7. The van der Waals surface area contributed by atoms with Gasteiger partial charge < -0.3 is 25.1 Å². The highest BCUT2D eigenvalue weighted by atomic mass is 35.5. The normalized spacial score (nSPS) is 10.3. The average molecular weight is 400 g/mol. The van der Waals surface area contributed by atoms with Gasteiger partial charge in [0.15, 0.2) is 0 Å². The summed E-state index contributed by atoms with van der Waals surface area (Å²) in [4.78, 5) is 36.1. The van der Waals surface area contributed by atoms with E-state index in [0.29, 0.717) is 0 Å². The van der Waals surface area contributed by atoms with Gasteiger partial charge in [0.05, 0.1) is 14.2 Å². The van der Waals surface area contributed by atoms with Gasteiger partial charge in [-0.2, -0.15) is 0 Å². The van der Waals surface area contributed by atoms with Crippen LogP contribution in [0.25, 0.3) is 0 Å². The Morgan fingerprint density at radius 3 is 2.42 bits per heavy atom. The monoisotopic (exact) mass is 399 g/mol. The fourth-order valence-corrected chi connectivity index (χ4v) is 3.24. The number of phenols is 1. The van der Waals surface area contributed by atoms with Crippen molar-refractivity contribution < 1.29 is 33.7 Å². The van der Waals surface area contributed by atoms with Crippen LogP contribution < -0.4 is 5.73 Å². The van der Waals surface area contributed by atoms with E-state index in [1.54, 1.807) is 0 Å². The standard InChI is InChI=1S/C16H14ClNO7S/c1-23-15(21)11-9(12(16(22)24-2)26-13(11)18)6-25-14(20)8-5-7(17)3-4-10(8)19/h3-5,19H,6,18H2,1-2H3. The number of nitrogen functional groups attached to an aromatic ring is 1. The molecule has 138 valence electrons. The first-order chi connectivity index (χ1) is 12.3. The van der Waals surface area contributed by atoms with Crippen LogP contribution in [0.1, 0.15) is 36.0 Å². The molecule has 0 aliphatic heterocycles. The Morgan fingerprint density at radius 1 is 1.15 bits per heavy atom. The summed E-state index contributed by atoms with van der Waals surface area (Å²) in [6.07, 6.45) is 0. The van der Waals surface area contributed by atoms with Crippen molar-refractivity contribution in [2.45, 2.75) is 6.61 Å². The van der Waals surface area contributed by atoms with E-state index in [4.69, 9.17) is 22.1 Å². The number of ether oxygens (including phenoxy) is 3. The molecule has 10 heteroatoms. The average Bonchev–Trinajstić information content (AvgIpc) is 2.96. The van der Waals surface area contributed by atoms with Crippen molar-refractivity contribution in [3.63, 3.8) is 0 Å². The molecule has 0 aliphatic rings. The number of hydrogen-bond donors (Lipinski definition) is 2. The molecule has 0 radical (unpaired) electrons. The molecular formula is C16H14ClNO7S. The van der Waals surface area contributed by atoms with Crippen LogP contribution in [0.2, 0.25) is 5.02 Å². The first-order valence-electron chi connectivity index (χ1n) is 7.03. The molecule has 3 N–H and O–H groups in total. The third-order valence-corrected chi connectivity index (χ3v) is 4.60. The maximum absolute atomic E-state index is 12.2.